The van der Waals surface area contributed by atoms with Gasteiger partial charge < -0.3 is 14.8 Å². The van der Waals surface area contributed by atoms with Gasteiger partial charge >= 0.3 is 0 Å². The molecule has 0 bridgehead atoms. The molecule has 2 aromatic heterocycles. The Balaban J connectivity index is 1.55. The summed E-state index contributed by atoms with van der Waals surface area (Å²) in [4.78, 5) is 21.7. The Hall–Kier alpha value is -3.87. The van der Waals surface area contributed by atoms with Crippen molar-refractivity contribution >= 4 is 17.3 Å². The molecule has 2 heterocycles. The molecule has 0 spiro atoms. The van der Waals surface area contributed by atoms with Crippen LogP contribution in [0.3, 0.4) is 0 Å². The number of ether oxygens (including phenoxy) is 2. The van der Waals surface area contributed by atoms with Crippen LogP contribution in [0.1, 0.15) is 22.5 Å². The van der Waals surface area contributed by atoms with E-state index in [9.17, 15) is 4.79 Å². The van der Waals surface area contributed by atoms with E-state index in [-0.39, 0.29) is 5.91 Å². The van der Waals surface area contributed by atoms with Crippen molar-refractivity contribution in [2.45, 2.75) is 6.42 Å². The van der Waals surface area contributed by atoms with Crippen LogP contribution >= 0.6 is 0 Å². The largest absolute Gasteiger partial charge is 0.497 e. The third kappa shape index (κ3) is 3.89. The molecule has 29 heavy (non-hydrogen) atoms. The monoisotopic (exact) mass is 388 g/mol. The third-order valence-corrected chi connectivity index (χ3v) is 4.58. The Bertz CT molecular complexity index is 1120. The number of carbonyl (C=O) groups is 1. The molecule has 146 valence electrons. The van der Waals surface area contributed by atoms with Gasteiger partial charge in [0.2, 0.25) is 5.78 Å². The summed E-state index contributed by atoms with van der Waals surface area (Å²) in [5.41, 5.74) is 3.00. The van der Waals surface area contributed by atoms with Crippen molar-refractivity contribution in [1.82, 2.24) is 19.7 Å². The van der Waals surface area contributed by atoms with Crippen molar-refractivity contribution in [3.63, 3.8) is 0 Å². The third-order valence-electron chi connectivity index (χ3n) is 4.58. The minimum Gasteiger partial charge on any atom is -0.497 e. The van der Waals surface area contributed by atoms with Crippen LogP contribution in [0, 0.1) is 0 Å². The zero-order valence-electron chi connectivity index (χ0n) is 16.1. The van der Waals surface area contributed by atoms with Gasteiger partial charge in [-0.1, -0.05) is 18.2 Å². The molecule has 1 aromatic carbocycles. The number of carbonyl (C=O) groups excluding carboxylic acids is 1. The van der Waals surface area contributed by atoms with Crippen molar-refractivity contribution in [2.24, 2.45) is 0 Å². The number of aromatic nitrogens is 3. The van der Waals surface area contributed by atoms with Crippen LogP contribution in [0.4, 0.5) is 0 Å². The van der Waals surface area contributed by atoms with Gasteiger partial charge in [-0.2, -0.15) is 0 Å². The Morgan fingerprint density at radius 2 is 2.03 bits per heavy atom. The fourth-order valence-electron chi connectivity index (χ4n) is 3.11. The molecular formula is C22H20N4O3. The maximum atomic E-state index is 12.8. The number of imidazole rings is 1. The van der Waals surface area contributed by atoms with Crippen molar-refractivity contribution < 1.29 is 14.3 Å². The Labute approximate surface area is 168 Å². The first kappa shape index (κ1) is 18.5. The average Bonchev–Trinajstić information content (AvgIpc) is 3.05. The molecule has 7 heteroatoms. The van der Waals surface area contributed by atoms with E-state index < -0.39 is 0 Å². The summed E-state index contributed by atoms with van der Waals surface area (Å²) < 4.78 is 12.4. The number of fused-ring (bicyclic) bond motifs is 1. The van der Waals surface area contributed by atoms with E-state index in [1.807, 2.05) is 47.2 Å². The van der Waals surface area contributed by atoms with Gasteiger partial charge in [-0.05, 0) is 29.8 Å². The van der Waals surface area contributed by atoms with Crippen LogP contribution < -0.4 is 14.8 Å². The number of nitrogens with zero attached hydrogens (tertiary/aromatic N) is 3. The number of rotatable bonds is 5. The molecule has 1 N–H and O–H groups in total. The number of hydrogen-bond acceptors (Lipinski definition) is 5. The predicted molar refractivity (Wildman–Crippen MR) is 110 cm³/mol. The van der Waals surface area contributed by atoms with Gasteiger partial charge in [0.05, 0.1) is 25.5 Å². The lowest BCUT2D eigenvalue weighted by atomic mass is 10.1. The fourth-order valence-corrected chi connectivity index (χ4v) is 3.11. The summed E-state index contributed by atoms with van der Waals surface area (Å²) in [5.74, 6) is 1.46. The van der Waals surface area contributed by atoms with Gasteiger partial charge in [0.25, 0.3) is 5.91 Å². The second kappa shape index (κ2) is 8.02. The number of allylic oxidation sites excluding steroid dienone is 5. The zero-order chi connectivity index (χ0) is 20.2. The lowest BCUT2D eigenvalue weighted by Gasteiger charge is -2.13. The number of amides is 1. The summed E-state index contributed by atoms with van der Waals surface area (Å²) in [6.07, 6.45) is 13.8. The molecule has 1 aliphatic carbocycles. The first-order chi connectivity index (χ1) is 14.2. The van der Waals surface area contributed by atoms with Crippen molar-refractivity contribution in [2.75, 3.05) is 14.2 Å². The molecular weight excluding hydrogens is 368 g/mol. The molecule has 0 atom stereocenters. The van der Waals surface area contributed by atoms with Crippen molar-refractivity contribution in [1.29, 1.82) is 0 Å². The van der Waals surface area contributed by atoms with E-state index in [0.717, 1.165) is 17.0 Å². The maximum absolute atomic E-state index is 12.8. The Morgan fingerprint density at radius 3 is 2.83 bits per heavy atom. The standard InChI is InChI=1S/C22H20N4O3/c1-28-17-8-9-18(20(13-17)29-2)21(27)24-16-7-4-3-6-15(12-16)19-14-26-11-5-10-23-22(26)25-19/h3-11,13-14H,12H2,1-2H3,(H,24,27). The lowest BCUT2D eigenvalue weighted by Crippen LogP contribution is -2.23. The minimum absolute atomic E-state index is 0.248. The summed E-state index contributed by atoms with van der Waals surface area (Å²) in [7, 11) is 3.09. The Morgan fingerprint density at radius 1 is 1.17 bits per heavy atom. The smallest absolute Gasteiger partial charge is 0.259 e. The van der Waals surface area contributed by atoms with E-state index in [0.29, 0.717) is 29.3 Å². The van der Waals surface area contributed by atoms with E-state index >= 15 is 0 Å². The van der Waals surface area contributed by atoms with E-state index in [1.165, 1.54) is 7.11 Å². The molecule has 3 aromatic rings. The van der Waals surface area contributed by atoms with Crippen LogP contribution in [0.25, 0.3) is 11.4 Å². The number of methoxy groups -OCH3 is 2. The van der Waals surface area contributed by atoms with Crippen molar-refractivity contribution in [3.8, 4) is 11.5 Å². The van der Waals surface area contributed by atoms with Gasteiger partial charge in [0.1, 0.15) is 11.5 Å². The van der Waals surface area contributed by atoms with Crippen molar-refractivity contribution in [3.05, 3.63) is 84.1 Å². The molecule has 0 aliphatic heterocycles. The predicted octanol–water partition coefficient (Wildman–Crippen LogP) is 3.40. The van der Waals surface area contributed by atoms with Gasteiger partial charge in [-0.3, -0.25) is 9.20 Å². The summed E-state index contributed by atoms with van der Waals surface area (Å²) in [6, 6.07) is 6.96. The first-order valence-electron chi connectivity index (χ1n) is 9.08. The topological polar surface area (TPSA) is 77.8 Å². The molecule has 1 aliphatic rings. The van der Waals surface area contributed by atoms with Crippen LogP contribution in [-0.4, -0.2) is 34.5 Å². The van der Waals surface area contributed by atoms with E-state index in [2.05, 4.69) is 15.3 Å². The highest BCUT2D eigenvalue weighted by Crippen LogP contribution is 2.26. The summed E-state index contributed by atoms with van der Waals surface area (Å²) in [5, 5.41) is 2.98. The van der Waals surface area contributed by atoms with Crippen LogP contribution in [0.5, 0.6) is 11.5 Å². The van der Waals surface area contributed by atoms with Gasteiger partial charge in [-0.15, -0.1) is 0 Å². The molecule has 0 fully saturated rings. The molecule has 0 saturated carbocycles. The number of nitrogens with one attached hydrogen (secondary N) is 1. The molecule has 4 rings (SSSR count). The summed E-state index contributed by atoms with van der Waals surface area (Å²) in [6.45, 7) is 0. The molecule has 0 unspecified atom stereocenters. The quantitative estimate of drug-likeness (QED) is 0.725. The van der Waals surface area contributed by atoms with Crippen LogP contribution in [0.2, 0.25) is 0 Å². The van der Waals surface area contributed by atoms with E-state index in [4.69, 9.17) is 9.47 Å². The number of benzene rings is 1. The number of hydrogen-bond donors (Lipinski definition) is 1. The Kier molecular flexibility index (Phi) is 5.11. The molecule has 7 nitrogen and oxygen atoms in total. The fraction of sp³-hybridized carbons (Fsp3) is 0.136. The van der Waals surface area contributed by atoms with Gasteiger partial charge in [0, 0.05) is 36.8 Å². The van der Waals surface area contributed by atoms with Gasteiger partial charge in [-0.25, -0.2) is 9.97 Å². The average molecular weight is 388 g/mol. The molecule has 0 saturated heterocycles. The van der Waals surface area contributed by atoms with Crippen LogP contribution in [0.15, 0.2) is 72.9 Å². The highest BCUT2D eigenvalue weighted by molar-refractivity contribution is 5.98. The normalized spacial score (nSPS) is 13.4. The lowest BCUT2D eigenvalue weighted by molar-refractivity contribution is 0.0962. The van der Waals surface area contributed by atoms with E-state index in [1.54, 1.807) is 31.5 Å². The van der Waals surface area contributed by atoms with Crippen LogP contribution in [-0.2, 0) is 0 Å². The molecule has 1 amide bonds. The second-order valence-electron chi connectivity index (χ2n) is 6.42. The molecule has 0 radical (unpaired) electrons. The SMILES string of the molecule is COc1ccc(C(=O)NC2=CC=CC=C(c3cn4cccnc4n3)C2)c(OC)c1. The highest BCUT2D eigenvalue weighted by atomic mass is 16.5. The second-order valence-corrected chi connectivity index (χ2v) is 6.42. The maximum Gasteiger partial charge on any atom is 0.259 e. The minimum atomic E-state index is -0.248. The zero-order valence-corrected chi connectivity index (χ0v) is 16.1. The van der Waals surface area contributed by atoms with Gasteiger partial charge in [0.15, 0.2) is 0 Å². The highest BCUT2D eigenvalue weighted by Gasteiger charge is 2.17. The summed E-state index contributed by atoms with van der Waals surface area (Å²) >= 11 is 0. The first-order valence-corrected chi connectivity index (χ1v) is 9.08.